The van der Waals surface area contributed by atoms with E-state index in [1.54, 1.807) is 6.08 Å². The van der Waals surface area contributed by atoms with Crippen molar-refractivity contribution in [3.05, 3.63) is 35.3 Å². The third-order valence-corrected chi connectivity index (χ3v) is 5.60. The highest BCUT2D eigenvalue weighted by molar-refractivity contribution is 7.86. The Kier molecular flexibility index (Phi) is 12.3. The number of hydrogen-bond acceptors (Lipinski definition) is 2. The van der Waals surface area contributed by atoms with E-state index in [0.717, 1.165) is 37.0 Å². The first-order valence-electron chi connectivity index (χ1n) is 9.51. The molecule has 0 N–H and O–H groups in total. The van der Waals surface area contributed by atoms with Gasteiger partial charge in [0.2, 0.25) is 0 Å². The molecule has 1 fully saturated rings. The zero-order valence-electron chi connectivity index (χ0n) is 17.7. The number of hydrogen-bond donors (Lipinski definition) is 0. The summed E-state index contributed by atoms with van der Waals surface area (Å²) in [7, 11) is -1.10. The van der Waals surface area contributed by atoms with Gasteiger partial charge in [-0.1, -0.05) is 58.9 Å². The lowest BCUT2D eigenvalue weighted by atomic mass is 10.1. The molecule has 0 aromatic rings. The van der Waals surface area contributed by atoms with Crippen molar-refractivity contribution in [3.8, 4) is 0 Å². The molecule has 0 radical (unpaired) electrons. The molecule has 4 heteroatoms. The third kappa shape index (κ3) is 10.1. The van der Waals surface area contributed by atoms with Crippen molar-refractivity contribution >= 4 is 11.0 Å². The van der Waals surface area contributed by atoms with Crippen molar-refractivity contribution in [1.82, 2.24) is 9.21 Å². The van der Waals surface area contributed by atoms with Crippen LogP contribution in [0, 0.1) is 11.8 Å². The van der Waals surface area contributed by atoms with E-state index in [4.69, 9.17) is 0 Å². The largest absolute Gasteiger partial charge is 0.298 e. The molecule has 0 spiro atoms. The van der Waals surface area contributed by atoms with Crippen molar-refractivity contribution in [2.75, 3.05) is 26.2 Å². The van der Waals surface area contributed by atoms with Crippen molar-refractivity contribution in [2.24, 2.45) is 11.8 Å². The SMILES string of the molecule is C=C/C(=C\C=C(/C)C(C)C)S(=O)N1CCN(C(C)C)CC1.CC(C)C. The average molecular weight is 369 g/mol. The van der Waals surface area contributed by atoms with Crippen LogP contribution in [0.3, 0.4) is 0 Å². The molecule has 0 aromatic carbocycles. The first kappa shape index (κ1) is 24.3. The maximum absolute atomic E-state index is 12.6. The van der Waals surface area contributed by atoms with Gasteiger partial charge in [0.05, 0.1) is 4.91 Å². The Morgan fingerprint density at radius 2 is 1.44 bits per heavy atom. The van der Waals surface area contributed by atoms with Crippen molar-refractivity contribution in [3.63, 3.8) is 0 Å². The van der Waals surface area contributed by atoms with Crippen molar-refractivity contribution < 1.29 is 4.21 Å². The van der Waals surface area contributed by atoms with Gasteiger partial charge in [-0.2, -0.15) is 0 Å². The highest BCUT2D eigenvalue weighted by atomic mass is 32.2. The van der Waals surface area contributed by atoms with Gasteiger partial charge in [-0.3, -0.25) is 4.90 Å². The smallest absolute Gasteiger partial charge is 0.127 e. The van der Waals surface area contributed by atoms with Gasteiger partial charge in [-0.15, -0.1) is 0 Å². The maximum Gasteiger partial charge on any atom is 0.127 e. The van der Waals surface area contributed by atoms with Gasteiger partial charge in [-0.05, 0) is 38.7 Å². The molecule has 0 aromatic heterocycles. The van der Waals surface area contributed by atoms with Crippen LogP contribution in [0.5, 0.6) is 0 Å². The molecule has 0 amide bonds. The molecule has 1 saturated heterocycles. The lowest BCUT2D eigenvalue weighted by molar-refractivity contribution is 0.157. The summed E-state index contributed by atoms with van der Waals surface area (Å²) in [6.45, 7) is 24.8. The molecule has 1 unspecified atom stereocenters. The summed E-state index contributed by atoms with van der Waals surface area (Å²) in [4.78, 5) is 3.22. The summed E-state index contributed by atoms with van der Waals surface area (Å²) in [5.41, 5.74) is 1.29. The summed E-state index contributed by atoms with van der Waals surface area (Å²) in [5.74, 6) is 1.34. The Hall–Kier alpha value is -0.710. The van der Waals surface area contributed by atoms with Crippen LogP contribution in [-0.2, 0) is 11.0 Å². The minimum absolute atomic E-state index is 0.510. The van der Waals surface area contributed by atoms with Gasteiger partial charge in [0.25, 0.3) is 0 Å². The lowest BCUT2D eigenvalue weighted by Crippen LogP contribution is -2.49. The van der Waals surface area contributed by atoms with Crippen LogP contribution in [-0.4, -0.2) is 45.6 Å². The standard InChI is InChI=1S/C17H30N2OS.C4H10/c1-7-17(9-8-16(6)14(2)3)21(20)19-12-10-18(11-13-19)15(4)5;1-4(2)3/h7-9,14-15H,1,10-13H2,2-6H3;4H,1-3H3/b16-8+,17-9+;. The van der Waals surface area contributed by atoms with E-state index in [2.05, 4.69) is 72.9 Å². The molecule has 1 aliphatic heterocycles. The van der Waals surface area contributed by atoms with Gasteiger partial charge in [0.15, 0.2) is 0 Å². The second kappa shape index (κ2) is 12.6. The van der Waals surface area contributed by atoms with Gasteiger partial charge in [0, 0.05) is 32.2 Å². The quantitative estimate of drug-likeness (QED) is 0.615. The van der Waals surface area contributed by atoms with Crippen LogP contribution in [0.4, 0.5) is 0 Å². The normalized spacial score (nSPS) is 19.2. The summed E-state index contributed by atoms with van der Waals surface area (Å²) in [5, 5.41) is 0. The van der Waals surface area contributed by atoms with Crippen LogP contribution in [0.15, 0.2) is 35.3 Å². The van der Waals surface area contributed by atoms with Gasteiger partial charge >= 0.3 is 0 Å². The molecule has 1 rings (SSSR count). The minimum atomic E-state index is -1.10. The van der Waals surface area contributed by atoms with Gasteiger partial charge in [0.1, 0.15) is 11.0 Å². The molecule has 1 heterocycles. The van der Waals surface area contributed by atoms with Crippen LogP contribution in [0.1, 0.15) is 55.4 Å². The molecular formula is C21H40N2OS. The van der Waals surface area contributed by atoms with E-state index in [1.165, 1.54) is 5.57 Å². The zero-order valence-corrected chi connectivity index (χ0v) is 18.5. The first-order chi connectivity index (χ1) is 11.6. The number of rotatable bonds is 6. The lowest BCUT2D eigenvalue weighted by Gasteiger charge is -2.36. The van der Waals surface area contributed by atoms with E-state index in [0.29, 0.717) is 12.0 Å². The Balaban J connectivity index is 0.00000129. The Labute approximate surface area is 159 Å². The van der Waals surface area contributed by atoms with Crippen LogP contribution < -0.4 is 0 Å². The highest BCUT2D eigenvalue weighted by Crippen LogP contribution is 2.15. The topological polar surface area (TPSA) is 23.6 Å². The highest BCUT2D eigenvalue weighted by Gasteiger charge is 2.23. The fraction of sp³-hybridized carbons (Fsp3) is 0.714. The van der Waals surface area contributed by atoms with E-state index in [-0.39, 0.29) is 0 Å². The van der Waals surface area contributed by atoms with Crippen LogP contribution >= 0.6 is 0 Å². The molecule has 0 bridgehead atoms. The van der Waals surface area contributed by atoms with Gasteiger partial charge in [-0.25, -0.2) is 8.51 Å². The predicted octanol–water partition coefficient (Wildman–Crippen LogP) is 5.01. The minimum Gasteiger partial charge on any atom is -0.298 e. The van der Waals surface area contributed by atoms with Crippen molar-refractivity contribution in [2.45, 2.75) is 61.4 Å². The second-order valence-corrected chi connectivity index (χ2v) is 9.36. The monoisotopic (exact) mass is 368 g/mol. The molecule has 1 atom stereocenters. The molecule has 0 saturated carbocycles. The summed E-state index contributed by atoms with van der Waals surface area (Å²) >= 11 is 0. The average Bonchev–Trinajstić information content (AvgIpc) is 2.54. The number of piperazine rings is 1. The molecule has 1 aliphatic rings. The maximum atomic E-state index is 12.6. The second-order valence-electron chi connectivity index (χ2n) is 7.88. The Bertz CT molecular complexity index is 468. The number of allylic oxidation sites excluding steroid dienone is 4. The summed E-state index contributed by atoms with van der Waals surface area (Å²) < 4.78 is 14.7. The van der Waals surface area contributed by atoms with Crippen LogP contribution in [0.2, 0.25) is 0 Å². The molecule has 146 valence electrons. The summed E-state index contributed by atoms with van der Waals surface area (Å²) in [6, 6.07) is 0.562. The van der Waals surface area contributed by atoms with Crippen LogP contribution in [0.25, 0.3) is 0 Å². The Morgan fingerprint density at radius 1 is 0.960 bits per heavy atom. The predicted molar refractivity (Wildman–Crippen MR) is 114 cm³/mol. The Morgan fingerprint density at radius 3 is 1.80 bits per heavy atom. The van der Waals surface area contributed by atoms with Gasteiger partial charge < -0.3 is 0 Å². The molecule has 25 heavy (non-hydrogen) atoms. The number of nitrogens with zero attached hydrogens (tertiary/aromatic N) is 2. The first-order valence-corrected chi connectivity index (χ1v) is 10.6. The van der Waals surface area contributed by atoms with Crippen molar-refractivity contribution in [1.29, 1.82) is 0 Å². The molecular weight excluding hydrogens is 328 g/mol. The van der Waals surface area contributed by atoms with E-state index in [9.17, 15) is 4.21 Å². The van der Waals surface area contributed by atoms with E-state index >= 15 is 0 Å². The van der Waals surface area contributed by atoms with E-state index in [1.807, 2.05) is 10.4 Å². The fourth-order valence-electron chi connectivity index (χ4n) is 2.14. The fourth-order valence-corrected chi connectivity index (χ4v) is 3.26. The molecule has 0 aliphatic carbocycles. The third-order valence-electron chi connectivity index (χ3n) is 4.06. The molecule has 3 nitrogen and oxygen atoms in total. The zero-order chi connectivity index (χ0) is 19.6. The van der Waals surface area contributed by atoms with E-state index < -0.39 is 11.0 Å². The summed E-state index contributed by atoms with van der Waals surface area (Å²) in [6.07, 6.45) is 5.73.